The molecular weight excluding hydrogens is 220 g/mol. The molecule has 2 aromatic carbocycles. The zero-order chi connectivity index (χ0) is 12.0. The van der Waals surface area contributed by atoms with Gasteiger partial charge < -0.3 is 10.6 Å². The average Bonchev–Trinajstić information content (AvgIpc) is 2.78. The second-order valence-corrected chi connectivity index (χ2v) is 4.92. The third-order valence-corrected chi connectivity index (χ3v) is 3.83. The monoisotopic (exact) mass is 234 g/mol. The molecule has 2 nitrogen and oxygen atoms in total. The molecule has 2 N–H and O–H groups in total. The summed E-state index contributed by atoms with van der Waals surface area (Å²) in [5, 5.41) is 7.16. The molecular formula is C16H14N2. The van der Waals surface area contributed by atoms with Crippen molar-refractivity contribution in [2.45, 2.75) is 5.54 Å². The van der Waals surface area contributed by atoms with Crippen LogP contribution in [0, 0.1) is 0 Å². The lowest BCUT2D eigenvalue weighted by molar-refractivity contribution is 0.682. The van der Waals surface area contributed by atoms with Crippen molar-refractivity contribution in [1.82, 2.24) is 0 Å². The van der Waals surface area contributed by atoms with Crippen LogP contribution in [-0.4, -0.2) is 6.54 Å². The Morgan fingerprint density at radius 2 is 1.67 bits per heavy atom. The van der Waals surface area contributed by atoms with Gasteiger partial charge in [-0.1, -0.05) is 48.6 Å². The number of nitrogens with one attached hydrogen (secondary N) is 2. The molecule has 2 aromatic rings. The molecule has 0 aromatic heterocycles. The molecule has 1 unspecified atom stereocenters. The van der Waals surface area contributed by atoms with Gasteiger partial charge in [0.15, 0.2) is 0 Å². The van der Waals surface area contributed by atoms with Crippen molar-refractivity contribution >= 4 is 17.5 Å². The predicted molar refractivity (Wildman–Crippen MR) is 75.7 cm³/mol. The first-order valence-electron chi connectivity index (χ1n) is 6.27. The average molecular weight is 234 g/mol. The molecule has 0 amide bonds. The van der Waals surface area contributed by atoms with Gasteiger partial charge >= 0.3 is 0 Å². The van der Waals surface area contributed by atoms with E-state index in [1.54, 1.807) is 0 Å². The first kappa shape index (κ1) is 9.77. The maximum absolute atomic E-state index is 3.68. The number of rotatable bonds is 0. The van der Waals surface area contributed by atoms with Crippen molar-refractivity contribution in [2.75, 3.05) is 17.2 Å². The van der Waals surface area contributed by atoms with E-state index in [0.717, 1.165) is 6.54 Å². The zero-order valence-corrected chi connectivity index (χ0v) is 9.98. The second kappa shape index (κ2) is 3.39. The Morgan fingerprint density at radius 3 is 2.61 bits per heavy atom. The van der Waals surface area contributed by atoms with Crippen LogP contribution >= 0.6 is 0 Å². The molecule has 2 heteroatoms. The van der Waals surface area contributed by atoms with Crippen LogP contribution in [0.25, 0.3) is 6.08 Å². The molecule has 0 saturated carbocycles. The summed E-state index contributed by atoms with van der Waals surface area (Å²) < 4.78 is 0. The summed E-state index contributed by atoms with van der Waals surface area (Å²) >= 11 is 0. The molecule has 18 heavy (non-hydrogen) atoms. The van der Waals surface area contributed by atoms with Crippen molar-refractivity contribution in [3.8, 4) is 0 Å². The molecule has 88 valence electrons. The van der Waals surface area contributed by atoms with Gasteiger partial charge in [0, 0.05) is 23.5 Å². The van der Waals surface area contributed by atoms with Crippen LogP contribution in [-0.2, 0) is 5.54 Å². The first-order valence-corrected chi connectivity index (χ1v) is 6.27. The van der Waals surface area contributed by atoms with Crippen molar-refractivity contribution in [3.63, 3.8) is 0 Å². The SMILES string of the molecule is C1=CC2(CNc3ccccc32)Nc2ccccc21. The second-order valence-electron chi connectivity index (χ2n) is 4.92. The third kappa shape index (κ3) is 1.23. The molecule has 4 rings (SSSR count). The van der Waals surface area contributed by atoms with E-state index >= 15 is 0 Å². The van der Waals surface area contributed by atoms with Crippen LogP contribution in [0.3, 0.4) is 0 Å². The van der Waals surface area contributed by atoms with Gasteiger partial charge in [-0.15, -0.1) is 0 Å². The molecule has 0 fully saturated rings. The van der Waals surface area contributed by atoms with Gasteiger partial charge in [-0.2, -0.15) is 0 Å². The fourth-order valence-corrected chi connectivity index (χ4v) is 2.89. The Labute approximate surface area is 106 Å². The van der Waals surface area contributed by atoms with Gasteiger partial charge in [-0.25, -0.2) is 0 Å². The lowest BCUT2D eigenvalue weighted by Gasteiger charge is -2.32. The Balaban J connectivity index is 1.86. The van der Waals surface area contributed by atoms with E-state index < -0.39 is 0 Å². The van der Waals surface area contributed by atoms with E-state index in [9.17, 15) is 0 Å². The number of hydrogen-bond acceptors (Lipinski definition) is 2. The summed E-state index contributed by atoms with van der Waals surface area (Å²) in [6, 6.07) is 16.9. The molecule has 0 radical (unpaired) electrons. The maximum Gasteiger partial charge on any atom is 0.101 e. The highest BCUT2D eigenvalue weighted by Gasteiger charge is 2.38. The summed E-state index contributed by atoms with van der Waals surface area (Å²) in [7, 11) is 0. The van der Waals surface area contributed by atoms with E-state index in [0.29, 0.717) is 0 Å². The normalized spacial score (nSPS) is 23.1. The molecule has 0 bridgehead atoms. The highest BCUT2D eigenvalue weighted by atomic mass is 15.1. The number of para-hydroxylation sites is 2. The standard InChI is InChI=1S/C16H14N2/c1-3-7-14-12(5-1)9-10-16(18-14)11-17-15-8-4-2-6-13(15)16/h1-10,17-18H,11H2. The minimum absolute atomic E-state index is 0.0923. The van der Waals surface area contributed by atoms with Gasteiger partial charge in [0.1, 0.15) is 5.54 Å². The molecule has 1 atom stereocenters. The Bertz CT molecular complexity index is 645. The van der Waals surface area contributed by atoms with Gasteiger partial charge in [0.2, 0.25) is 0 Å². The maximum atomic E-state index is 3.68. The molecule has 2 aliphatic rings. The predicted octanol–water partition coefficient (Wildman–Crippen LogP) is 3.45. The smallest absolute Gasteiger partial charge is 0.101 e. The van der Waals surface area contributed by atoms with Crippen LogP contribution in [0.1, 0.15) is 11.1 Å². The van der Waals surface area contributed by atoms with E-state index in [4.69, 9.17) is 0 Å². The first-order chi connectivity index (χ1) is 8.87. The van der Waals surface area contributed by atoms with Crippen LogP contribution < -0.4 is 10.6 Å². The van der Waals surface area contributed by atoms with E-state index in [2.05, 4.69) is 71.3 Å². The minimum Gasteiger partial charge on any atom is -0.382 e. The summed E-state index contributed by atoms with van der Waals surface area (Å²) in [5.41, 5.74) is 4.93. The number of fused-ring (bicyclic) bond motifs is 3. The van der Waals surface area contributed by atoms with E-state index in [1.165, 1.54) is 22.5 Å². The van der Waals surface area contributed by atoms with Crippen molar-refractivity contribution < 1.29 is 0 Å². The minimum atomic E-state index is -0.0923. The molecule has 0 saturated heterocycles. The van der Waals surface area contributed by atoms with Gasteiger partial charge in [-0.05, 0) is 17.7 Å². The number of hydrogen-bond donors (Lipinski definition) is 2. The topological polar surface area (TPSA) is 24.1 Å². The summed E-state index contributed by atoms with van der Waals surface area (Å²) in [5.74, 6) is 0. The zero-order valence-electron chi connectivity index (χ0n) is 9.98. The molecule has 1 spiro atoms. The van der Waals surface area contributed by atoms with Crippen molar-refractivity contribution in [3.05, 3.63) is 65.7 Å². The summed E-state index contributed by atoms with van der Waals surface area (Å²) in [4.78, 5) is 0. The summed E-state index contributed by atoms with van der Waals surface area (Å²) in [6.45, 7) is 0.900. The fraction of sp³-hybridized carbons (Fsp3) is 0.125. The van der Waals surface area contributed by atoms with Crippen LogP contribution in [0.5, 0.6) is 0 Å². The van der Waals surface area contributed by atoms with Crippen LogP contribution in [0.2, 0.25) is 0 Å². The van der Waals surface area contributed by atoms with E-state index in [1.807, 2.05) is 0 Å². The van der Waals surface area contributed by atoms with Gasteiger partial charge in [0.05, 0.1) is 0 Å². The van der Waals surface area contributed by atoms with Crippen LogP contribution in [0.4, 0.5) is 11.4 Å². The Hall–Kier alpha value is -2.22. The largest absolute Gasteiger partial charge is 0.382 e. The molecule has 2 heterocycles. The fourth-order valence-electron chi connectivity index (χ4n) is 2.89. The molecule has 2 aliphatic heterocycles. The van der Waals surface area contributed by atoms with Crippen molar-refractivity contribution in [1.29, 1.82) is 0 Å². The van der Waals surface area contributed by atoms with E-state index in [-0.39, 0.29) is 5.54 Å². The van der Waals surface area contributed by atoms with Gasteiger partial charge in [-0.3, -0.25) is 0 Å². The Kier molecular flexibility index (Phi) is 1.84. The third-order valence-electron chi connectivity index (χ3n) is 3.83. The van der Waals surface area contributed by atoms with Crippen molar-refractivity contribution in [2.24, 2.45) is 0 Å². The summed E-state index contributed by atoms with van der Waals surface area (Å²) in [6.07, 6.45) is 4.49. The quantitative estimate of drug-likeness (QED) is 0.729. The highest BCUT2D eigenvalue weighted by molar-refractivity contribution is 5.77. The highest BCUT2D eigenvalue weighted by Crippen LogP contribution is 2.41. The lowest BCUT2D eigenvalue weighted by Crippen LogP contribution is -2.37. The Morgan fingerprint density at radius 1 is 0.889 bits per heavy atom. The lowest BCUT2D eigenvalue weighted by atomic mass is 9.87. The van der Waals surface area contributed by atoms with Crippen LogP contribution in [0.15, 0.2) is 54.6 Å². The molecule has 0 aliphatic carbocycles. The number of anilines is 2. The number of benzene rings is 2. The van der Waals surface area contributed by atoms with Gasteiger partial charge in [0.25, 0.3) is 0 Å².